The summed E-state index contributed by atoms with van der Waals surface area (Å²) in [4.78, 5) is 61.6. The van der Waals surface area contributed by atoms with Crippen molar-refractivity contribution in [2.24, 2.45) is 11.8 Å². The van der Waals surface area contributed by atoms with Crippen LogP contribution >= 0.6 is 19.6 Å². The molecule has 3 saturated heterocycles. The van der Waals surface area contributed by atoms with Gasteiger partial charge in [0.25, 0.3) is 5.91 Å². The number of fused-ring (bicyclic) bond motifs is 1. The lowest BCUT2D eigenvalue weighted by Gasteiger charge is -2.40. The Bertz CT molecular complexity index is 2130. The summed E-state index contributed by atoms with van der Waals surface area (Å²) >= 11 is 1.42. The number of nitrogens with zero attached hydrogens (tertiary/aromatic N) is 5. The van der Waals surface area contributed by atoms with E-state index >= 15 is 0 Å². The number of carbonyl (C=O) groups is 4. The number of benzene rings is 2. The number of hydrogen-bond donors (Lipinski definition) is 2. The average Bonchev–Trinajstić information content (AvgIpc) is 3.61. The van der Waals surface area contributed by atoms with Gasteiger partial charge in [-0.2, -0.15) is 0 Å². The van der Waals surface area contributed by atoms with E-state index in [-0.39, 0.29) is 17.5 Å². The molecule has 0 bridgehead atoms. The Hall–Kier alpha value is -4.46. The molecule has 8 rings (SSSR count). The Morgan fingerprint density at radius 1 is 0.940 bits per heavy atom. The van der Waals surface area contributed by atoms with Gasteiger partial charge in [-0.25, -0.2) is 5.09 Å². The van der Waals surface area contributed by atoms with Crippen molar-refractivity contribution in [3.8, 4) is 5.75 Å². The van der Waals surface area contributed by atoms with Crippen LogP contribution in [0.15, 0.2) is 73.1 Å². The van der Waals surface area contributed by atoms with Gasteiger partial charge in [0, 0.05) is 73.5 Å². The number of ether oxygens (including phenoxy) is 1. The van der Waals surface area contributed by atoms with Crippen LogP contribution in [0, 0.1) is 11.8 Å². The summed E-state index contributed by atoms with van der Waals surface area (Å²) in [6.45, 7) is 21.1. The Morgan fingerprint density at radius 2 is 1.63 bits per heavy atom. The molecule has 67 heavy (non-hydrogen) atoms. The van der Waals surface area contributed by atoms with Gasteiger partial charge >= 0.3 is 5.97 Å². The highest BCUT2D eigenvalue weighted by atomic mass is 32.1. The summed E-state index contributed by atoms with van der Waals surface area (Å²) < 4.78 is 12.8. The number of nitrogens with one attached hydrogen (secondary N) is 2. The Balaban J connectivity index is 0.000000254. The zero-order chi connectivity index (χ0) is 48.3. The summed E-state index contributed by atoms with van der Waals surface area (Å²) in [6.07, 6.45) is 11.8. The predicted octanol–water partition coefficient (Wildman–Crippen LogP) is 9.15. The zero-order valence-corrected chi connectivity index (χ0v) is 42.9. The predicted molar refractivity (Wildman–Crippen MR) is 274 cm³/mol. The number of rotatable bonds is 18. The molecular weight excluding hydrogens is 882 g/mol. The second kappa shape index (κ2) is 27.5. The molecule has 5 unspecified atom stereocenters. The van der Waals surface area contributed by atoms with Gasteiger partial charge in [0.2, 0.25) is 6.41 Å². The van der Waals surface area contributed by atoms with Crippen LogP contribution in [0.1, 0.15) is 112 Å². The number of carbonyl (C=O) groups excluding carboxylic acids is 4. The molecule has 2 aromatic heterocycles. The first-order valence-corrected chi connectivity index (χ1v) is 26.6. The van der Waals surface area contributed by atoms with Crippen LogP contribution < -0.4 is 19.8 Å². The third kappa shape index (κ3) is 16.1. The molecule has 15 heteroatoms. The minimum absolute atomic E-state index is 0.0156. The van der Waals surface area contributed by atoms with E-state index in [0.29, 0.717) is 35.7 Å². The highest BCUT2D eigenvalue weighted by Gasteiger charge is 2.35. The number of aromatic nitrogens is 1. The van der Waals surface area contributed by atoms with Crippen molar-refractivity contribution < 1.29 is 28.4 Å². The molecule has 5 heterocycles. The highest BCUT2D eigenvalue weighted by molar-refractivity contribution is 7.51. The molecule has 4 aliphatic rings. The van der Waals surface area contributed by atoms with Gasteiger partial charge in [0.15, 0.2) is 8.30 Å². The van der Waals surface area contributed by atoms with Crippen molar-refractivity contribution in [2.45, 2.75) is 104 Å². The monoisotopic (exact) mass is 958 g/mol. The third-order valence-corrected chi connectivity index (χ3v) is 16.1. The van der Waals surface area contributed by atoms with E-state index in [1.165, 1.54) is 48.5 Å². The van der Waals surface area contributed by atoms with Crippen LogP contribution in [0.25, 0.3) is 10.1 Å². The van der Waals surface area contributed by atoms with Gasteiger partial charge in [-0.05, 0) is 132 Å². The van der Waals surface area contributed by atoms with E-state index < -0.39 is 20.4 Å². The SMILES string of the molecule is CC.CCCOC(=O)C(C)NP(Oc1ccccc1)C(CC)c1ccc2sc(C(=O)N[C@H](C=O)CC3CC3C)cc2c1.CN1CCCC1.CN1CCN(c2ccncc2C2CN(C=O)C2)CC1. The fourth-order valence-electron chi connectivity index (χ4n) is 8.43. The van der Waals surface area contributed by atoms with Crippen LogP contribution in [0.5, 0.6) is 5.75 Å². The normalized spacial score (nSPS) is 19.9. The standard InChI is InChI=1S/C31H39N2O5PS.C14H20N4O.C5H11N.C2H6/c1-5-14-37-31(36)21(4)33-39(38-26-10-8-7-9-11-26)27(6-2)22-12-13-28-24(16-22)18-29(40-28)30(35)32-25(19-34)17-23-15-20(23)3;1-16-4-6-18(7-5-16)14-2-3-15-8-13(14)12-9-17(10-12)11-19;1-6-4-2-3-5-6;1-2/h7-13,16,18-21,23,25,27,33H,5-6,14-15,17H2,1-4H3,(H,32,35);2-3,8,11-12H,4-7,9-10H2,1H3;2-5H2,1H3;1-2H3/t20?,21?,23?,25-,27?,39?;;;/m0.../s1. The number of thiophene rings is 1. The van der Waals surface area contributed by atoms with Gasteiger partial charge in [-0.3, -0.25) is 19.4 Å². The molecule has 2 N–H and O–H groups in total. The van der Waals surface area contributed by atoms with Crippen molar-refractivity contribution >= 4 is 60.0 Å². The zero-order valence-electron chi connectivity index (χ0n) is 41.2. The Kier molecular flexibility index (Phi) is 22.0. The first-order valence-electron chi connectivity index (χ1n) is 24.5. The molecule has 0 radical (unpaired) electrons. The molecule has 6 atom stereocenters. The first kappa shape index (κ1) is 53.5. The van der Waals surface area contributed by atoms with Gasteiger partial charge in [0.1, 0.15) is 18.1 Å². The lowest BCUT2D eigenvalue weighted by atomic mass is 9.91. The summed E-state index contributed by atoms with van der Waals surface area (Å²) in [5, 5.41) is 7.30. The summed E-state index contributed by atoms with van der Waals surface area (Å²) in [5.41, 5.74) is 3.65. The quantitative estimate of drug-likeness (QED) is 0.0562. The number of pyridine rings is 1. The van der Waals surface area contributed by atoms with Gasteiger partial charge < -0.3 is 39.0 Å². The van der Waals surface area contributed by atoms with Gasteiger partial charge in [-0.1, -0.05) is 58.9 Å². The second-order valence-electron chi connectivity index (χ2n) is 18.0. The number of piperazine rings is 1. The van der Waals surface area contributed by atoms with E-state index in [1.807, 2.05) is 80.5 Å². The molecule has 4 aromatic rings. The summed E-state index contributed by atoms with van der Waals surface area (Å²) in [7, 11) is 3.03. The number of para-hydroxylation sites is 1. The van der Waals surface area contributed by atoms with Crippen LogP contribution in [-0.2, 0) is 19.1 Å². The number of esters is 1. The molecule has 366 valence electrons. The Morgan fingerprint density at radius 3 is 2.22 bits per heavy atom. The number of hydrogen-bond acceptors (Lipinski definition) is 12. The van der Waals surface area contributed by atoms with E-state index in [2.05, 4.69) is 76.2 Å². The smallest absolute Gasteiger partial charge is 0.323 e. The van der Waals surface area contributed by atoms with E-state index in [0.717, 1.165) is 92.6 Å². The molecule has 1 aliphatic carbocycles. The number of aldehydes is 1. The van der Waals surface area contributed by atoms with E-state index in [9.17, 15) is 19.2 Å². The molecule has 2 amide bonds. The fraction of sp³-hybridized carbons (Fsp3) is 0.558. The number of likely N-dealkylation sites (tertiary alicyclic amines) is 2. The molecule has 1 saturated carbocycles. The maximum absolute atomic E-state index is 13.0. The third-order valence-electron chi connectivity index (χ3n) is 12.7. The molecule has 3 aliphatic heterocycles. The van der Waals surface area contributed by atoms with Crippen LogP contribution in [0.4, 0.5) is 5.69 Å². The molecule has 4 fully saturated rings. The number of amides is 2. The first-order chi connectivity index (χ1) is 32.5. The lowest BCUT2D eigenvalue weighted by molar-refractivity contribution is -0.145. The second-order valence-corrected chi connectivity index (χ2v) is 20.8. The van der Waals surface area contributed by atoms with Crippen molar-refractivity contribution in [1.29, 1.82) is 0 Å². The molecule has 13 nitrogen and oxygen atoms in total. The van der Waals surface area contributed by atoms with Crippen molar-refractivity contribution in [1.82, 2.24) is 30.1 Å². The van der Waals surface area contributed by atoms with Gasteiger partial charge in [0.05, 0.1) is 23.2 Å². The minimum atomic E-state index is -1.31. The number of likely N-dealkylation sites (N-methyl/N-ethyl adjacent to an activating group) is 1. The number of anilines is 1. The summed E-state index contributed by atoms with van der Waals surface area (Å²) in [5.74, 6) is 1.82. The van der Waals surface area contributed by atoms with Crippen molar-refractivity contribution in [3.05, 3.63) is 89.1 Å². The maximum atomic E-state index is 13.0. The minimum Gasteiger partial charge on any atom is -0.465 e. The van der Waals surface area contributed by atoms with Crippen molar-refractivity contribution in [3.63, 3.8) is 0 Å². The van der Waals surface area contributed by atoms with Crippen LogP contribution in [-0.4, -0.2) is 129 Å². The van der Waals surface area contributed by atoms with Crippen LogP contribution in [0.3, 0.4) is 0 Å². The highest BCUT2D eigenvalue weighted by Crippen LogP contribution is 2.52. The molecular formula is C52H76N7O6PS. The van der Waals surface area contributed by atoms with Crippen molar-refractivity contribution in [2.75, 3.05) is 78.0 Å². The van der Waals surface area contributed by atoms with E-state index in [1.54, 1.807) is 6.92 Å². The molecule has 0 spiro atoms. The van der Waals surface area contributed by atoms with Crippen LogP contribution in [0.2, 0.25) is 0 Å². The average molecular weight is 958 g/mol. The van der Waals surface area contributed by atoms with E-state index in [4.69, 9.17) is 9.26 Å². The maximum Gasteiger partial charge on any atom is 0.323 e. The molecule has 2 aromatic carbocycles. The van der Waals surface area contributed by atoms with Gasteiger partial charge in [-0.15, -0.1) is 11.3 Å². The summed E-state index contributed by atoms with van der Waals surface area (Å²) in [6, 6.07) is 18.8. The Labute approximate surface area is 405 Å². The largest absolute Gasteiger partial charge is 0.465 e. The lowest BCUT2D eigenvalue weighted by Crippen LogP contribution is -2.47. The fourth-order valence-corrected chi connectivity index (χ4v) is 11.3. The topological polar surface area (TPSA) is 137 Å².